The lowest BCUT2D eigenvalue weighted by Gasteiger charge is -2.19. The van der Waals surface area contributed by atoms with Crippen LogP contribution in [0.25, 0.3) is 0 Å². The molecule has 3 N–H and O–H groups in total. The number of hydrogen-bond acceptors (Lipinski definition) is 3. The fourth-order valence-corrected chi connectivity index (χ4v) is 3.20. The summed E-state index contributed by atoms with van der Waals surface area (Å²) in [7, 11) is 0. The van der Waals surface area contributed by atoms with Crippen LogP contribution in [0.5, 0.6) is 0 Å². The summed E-state index contributed by atoms with van der Waals surface area (Å²) in [5.41, 5.74) is 0.263. The third-order valence-corrected chi connectivity index (χ3v) is 4.75. The van der Waals surface area contributed by atoms with Crippen LogP contribution in [0.1, 0.15) is 45.4 Å². The van der Waals surface area contributed by atoms with Gasteiger partial charge in [0.15, 0.2) is 0 Å². The number of rotatable bonds is 5. The quantitative estimate of drug-likeness (QED) is 0.725. The average molecular weight is 329 g/mol. The summed E-state index contributed by atoms with van der Waals surface area (Å²) in [6, 6.07) is 7.14. The van der Waals surface area contributed by atoms with Crippen LogP contribution in [-0.4, -0.2) is 23.8 Å². The first-order chi connectivity index (χ1) is 11.5. The first kappa shape index (κ1) is 16.5. The van der Waals surface area contributed by atoms with E-state index in [0.29, 0.717) is 24.2 Å². The molecule has 0 radical (unpaired) electrons. The minimum atomic E-state index is -0.924. The molecule has 0 heterocycles. The predicted molar refractivity (Wildman–Crippen MR) is 91.4 cm³/mol. The van der Waals surface area contributed by atoms with Crippen molar-refractivity contribution in [2.24, 2.45) is 5.41 Å². The summed E-state index contributed by atoms with van der Waals surface area (Å²) in [5.74, 6) is -0.587. The van der Waals surface area contributed by atoms with Crippen molar-refractivity contribution in [3.63, 3.8) is 0 Å². The van der Waals surface area contributed by atoms with Gasteiger partial charge in [0.1, 0.15) is 5.41 Å². The lowest BCUT2D eigenvalue weighted by atomic mass is 10.0. The molecule has 6 nitrogen and oxygen atoms in total. The molecule has 2 fully saturated rings. The van der Waals surface area contributed by atoms with E-state index < -0.39 is 5.41 Å². The van der Waals surface area contributed by atoms with Crippen molar-refractivity contribution in [3.8, 4) is 0 Å². The van der Waals surface area contributed by atoms with E-state index in [4.69, 9.17) is 0 Å². The van der Waals surface area contributed by atoms with Crippen molar-refractivity contribution in [2.45, 2.75) is 51.5 Å². The normalized spacial score (nSPS) is 18.7. The number of carbonyl (C=O) groups is 3. The molecule has 1 aromatic carbocycles. The molecule has 2 aliphatic rings. The monoisotopic (exact) mass is 329 g/mol. The highest BCUT2D eigenvalue weighted by atomic mass is 16.2. The van der Waals surface area contributed by atoms with Crippen LogP contribution in [0, 0.1) is 5.41 Å². The van der Waals surface area contributed by atoms with Crippen LogP contribution in [0.4, 0.5) is 11.4 Å². The Morgan fingerprint density at radius 1 is 1.00 bits per heavy atom. The Labute approximate surface area is 141 Å². The van der Waals surface area contributed by atoms with Gasteiger partial charge in [-0.05, 0) is 43.9 Å². The Bertz CT molecular complexity index is 661. The Morgan fingerprint density at radius 2 is 1.62 bits per heavy atom. The molecule has 0 aromatic heterocycles. The van der Waals surface area contributed by atoms with E-state index in [1.54, 1.807) is 24.3 Å². The maximum absolute atomic E-state index is 12.6. The zero-order chi connectivity index (χ0) is 17.2. The Kier molecular flexibility index (Phi) is 4.55. The highest BCUT2D eigenvalue weighted by molar-refractivity contribution is 6.13. The van der Waals surface area contributed by atoms with Crippen molar-refractivity contribution in [2.75, 3.05) is 10.6 Å². The number of benzene rings is 1. The lowest BCUT2D eigenvalue weighted by Crippen LogP contribution is -2.43. The van der Waals surface area contributed by atoms with E-state index in [0.717, 1.165) is 25.7 Å². The van der Waals surface area contributed by atoms with Crippen LogP contribution in [0.15, 0.2) is 24.3 Å². The largest absolute Gasteiger partial charge is 0.352 e. The molecular formula is C18H23N3O3. The van der Waals surface area contributed by atoms with Gasteiger partial charge in [0, 0.05) is 24.3 Å². The van der Waals surface area contributed by atoms with E-state index >= 15 is 0 Å². The first-order valence-corrected chi connectivity index (χ1v) is 8.50. The van der Waals surface area contributed by atoms with Gasteiger partial charge < -0.3 is 16.0 Å². The molecule has 2 aliphatic carbocycles. The zero-order valence-electron chi connectivity index (χ0n) is 13.9. The summed E-state index contributed by atoms with van der Waals surface area (Å²) in [4.78, 5) is 36.2. The van der Waals surface area contributed by atoms with Crippen LogP contribution in [-0.2, 0) is 14.4 Å². The predicted octanol–water partition coefficient (Wildman–Crippen LogP) is 2.42. The number of hydrogen-bond donors (Lipinski definition) is 3. The van der Waals surface area contributed by atoms with E-state index in [2.05, 4.69) is 16.0 Å². The SMILES string of the molecule is CC(=O)Nc1cccc(NC(=O)C2(C(=O)NC3CCCC3)CC2)c1. The van der Waals surface area contributed by atoms with Crippen LogP contribution in [0.3, 0.4) is 0 Å². The van der Waals surface area contributed by atoms with Gasteiger partial charge in [-0.2, -0.15) is 0 Å². The lowest BCUT2D eigenvalue weighted by molar-refractivity contribution is -0.134. The molecule has 0 atom stereocenters. The number of carbonyl (C=O) groups excluding carboxylic acids is 3. The summed E-state index contributed by atoms with van der Waals surface area (Å²) in [5, 5.41) is 8.52. The number of anilines is 2. The summed E-state index contributed by atoms with van der Waals surface area (Å²) in [6.07, 6.45) is 5.45. The highest BCUT2D eigenvalue weighted by Gasteiger charge is 2.56. The maximum atomic E-state index is 12.6. The summed E-state index contributed by atoms with van der Waals surface area (Å²) >= 11 is 0. The van der Waals surface area contributed by atoms with E-state index in [1.165, 1.54) is 6.92 Å². The van der Waals surface area contributed by atoms with Crippen LogP contribution in [0.2, 0.25) is 0 Å². The zero-order valence-corrected chi connectivity index (χ0v) is 13.9. The van der Waals surface area contributed by atoms with E-state index in [-0.39, 0.29) is 23.8 Å². The van der Waals surface area contributed by atoms with Gasteiger partial charge in [0.25, 0.3) is 0 Å². The third-order valence-electron chi connectivity index (χ3n) is 4.75. The second kappa shape index (κ2) is 6.63. The fourth-order valence-electron chi connectivity index (χ4n) is 3.20. The average Bonchev–Trinajstić information content (AvgIpc) is 3.19. The molecular weight excluding hydrogens is 306 g/mol. The van der Waals surface area contributed by atoms with E-state index in [9.17, 15) is 14.4 Å². The number of amides is 3. The maximum Gasteiger partial charge on any atom is 0.240 e. The van der Waals surface area contributed by atoms with Crippen molar-refractivity contribution >= 4 is 29.1 Å². The second-order valence-corrected chi connectivity index (χ2v) is 6.75. The van der Waals surface area contributed by atoms with Crippen molar-refractivity contribution in [3.05, 3.63) is 24.3 Å². The molecule has 3 rings (SSSR count). The standard InChI is InChI=1S/C18H23N3O3/c1-12(22)19-14-7-4-8-15(11-14)21-17(24)18(9-10-18)16(23)20-13-5-2-3-6-13/h4,7-8,11,13H,2-3,5-6,9-10H2,1H3,(H,19,22)(H,20,23)(H,21,24). The van der Waals surface area contributed by atoms with Crippen molar-refractivity contribution in [1.29, 1.82) is 0 Å². The van der Waals surface area contributed by atoms with Crippen LogP contribution < -0.4 is 16.0 Å². The molecule has 6 heteroatoms. The Morgan fingerprint density at radius 3 is 2.21 bits per heavy atom. The second-order valence-electron chi connectivity index (χ2n) is 6.75. The molecule has 0 spiro atoms. The van der Waals surface area contributed by atoms with Crippen molar-refractivity contribution < 1.29 is 14.4 Å². The summed E-state index contributed by atoms with van der Waals surface area (Å²) < 4.78 is 0. The molecule has 24 heavy (non-hydrogen) atoms. The summed E-state index contributed by atoms with van der Waals surface area (Å²) in [6.45, 7) is 1.43. The van der Waals surface area contributed by atoms with Crippen LogP contribution >= 0.6 is 0 Å². The van der Waals surface area contributed by atoms with Gasteiger partial charge in [0.05, 0.1) is 0 Å². The van der Waals surface area contributed by atoms with Gasteiger partial charge in [-0.25, -0.2) is 0 Å². The Balaban J connectivity index is 1.63. The Hall–Kier alpha value is -2.37. The minimum Gasteiger partial charge on any atom is -0.352 e. The molecule has 1 aromatic rings. The van der Waals surface area contributed by atoms with E-state index in [1.807, 2.05) is 0 Å². The first-order valence-electron chi connectivity index (χ1n) is 8.50. The minimum absolute atomic E-state index is 0.148. The molecule has 128 valence electrons. The van der Waals surface area contributed by atoms with Gasteiger partial charge >= 0.3 is 0 Å². The number of nitrogens with one attached hydrogen (secondary N) is 3. The molecule has 3 amide bonds. The van der Waals surface area contributed by atoms with Crippen molar-refractivity contribution in [1.82, 2.24) is 5.32 Å². The molecule has 0 bridgehead atoms. The van der Waals surface area contributed by atoms with Gasteiger partial charge in [-0.15, -0.1) is 0 Å². The smallest absolute Gasteiger partial charge is 0.240 e. The van der Waals surface area contributed by atoms with Gasteiger partial charge in [-0.1, -0.05) is 18.9 Å². The molecule has 0 unspecified atom stereocenters. The molecule has 0 saturated heterocycles. The van der Waals surface area contributed by atoms with Gasteiger partial charge in [-0.3, -0.25) is 14.4 Å². The third kappa shape index (κ3) is 3.58. The molecule has 0 aliphatic heterocycles. The van der Waals surface area contributed by atoms with Gasteiger partial charge in [0.2, 0.25) is 17.7 Å². The molecule has 2 saturated carbocycles. The highest BCUT2D eigenvalue weighted by Crippen LogP contribution is 2.47. The fraction of sp³-hybridized carbons (Fsp3) is 0.500. The topological polar surface area (TPSA) is 87.3 Å².